The third-order valence-corrected chi connectivity index (χ3v) is 0.497. The van der Waals surface area contributed by atoms with Crippen LogP contribution in [0, 0.1) is 0 Å². The first kappa shape index (κ1) is 5.53. The van der Waals surface area contributed by atoms with Crippen molar-refractivity contribution in [2.24, 2.45) is 4.99 Å². The van der Waals surface area contributed by atoms with Crippen LogP contribution in [0.3, 0.4) is 0 Å². The van der Waals surface area contributed by atoms with Crippen molar-refractivity contribution in [3.8, 4) is 0 Å². The number of nitrogens with zero attached hydrogens (tertiary/aromatic N) is 1. The Hall–Kier alpha value is -0.465. The Bertz CT molecular complexity index is 59.8. The van der Waals surface area contributed by atoms with Crippen molar-refractivity contribution in [1.82, 2.24) is 5.32 Å². The van der Waals surface area contributed by atoms with E-state index >= 15 is 0 Å². The summed E-state index contributed by atoms with van der Waals surface area (Å²) < 4.78 is 0. The second-order valence-electron chi connectivity index (χ2n) is 0.859. The maximum Gasteiger partial charge on any atom is 0.166 e. The van der Waals surface area contributed by atoms with Crippen LogP contribution in [-0.4, -0.2) is 27.7 Å². The van der Waals surface area contributed by atoms with Gasteiger partial charge in [-0.15, -0.1) is 0 Å². The van der Waals surface area contributed by atoms with Crippen molar-refractivity contribution >= 4 is 13.6 Å². The quantitative estimate of drug-likeness (QED) is 0.234. The number of rotatable bonds is 0. The second kappa shape index (κ2) is 2.76. The van der Waals surface area contributed by atoms with E-state index < -0.39 is 0 Å². The number of aliphatic imine (C=N–C) groups is 1. The molecule has 0 aromatic carbocycles. The molecule has 0 fully saturated rings. The fraction of sp³-hybridized carbons (Fsp3) is 0.667. The van der Waals surface area contributed by atoms with E-state index in [1.165, 1.54) is 0 Å². The van der Waals surface area contributed by atoms with E-state index in [-0.39, 0.29) is 0 Å². The molecule has 2 nitrogen and oxygen atoms in total. The molecule has 1 N–H and O–H groups in total. The Morgan fingerprint density at radius 1 is 1.83 bits per heavy atom. The molecular formula is C3H7BN2. The van der Waals surface area contributed by atoms with Gasteiger partial charge < -0.3 is 5.32 Å². The van der Waals surface area contributed by atoms with Crippen LogP contribution in [0.25, 0.3) is 0 Å². The molecule has 0 aliphatic carbocycles. The number of nitrogens with one attached hydrogen (secondary N) is 1. The largest absolute Gasteiger partial charge is 0.386 e. The minimum absolute atomic E-state index is 0.468. The summed E-state index contributed by atoms with van der Waals surface area (Å²) in [6, 6.07) is 0. The monoisotopic (exact) mass is 82.1 g/mol. The van der Waals surface area contributed by atoms with Crippen molar-refractivity contribution in [2.45, 2.75) is 0 Å². The number of hydrogen-bond donors (Lipinski definition) is 1. The summed E-state index contributed by atoms with van der Waals surface area (Å²) in [6.07, 6.45) is 0. The summed E-state index contributed by atoms with van der Waals surface area (Å²) in [5, 5.41) is 2.64. The molecule has 0 saturated carbocycles. The van der Waals surface area contributed by atoms with Crippen LogP contribution >= 0.6 is 0 Å². The molecule has 32 valence electrons. The van der Waals surface area contributed by atoms with Crippen LogP contribution in [0.5, 0.6) is 0 Å². The fourth-order valence-electron chi connectivity index (χ4n) is 0.112. The molecule has 0 saturated heterocycles. The van der Waals surface area contributed by atoms with Crippen molar-refractivity contribution in [1.29, 1.82) is 0 Å². The Kier molecular flexibility index (Phi) is 2.54. The van der Waals surface area contributed by atoms with Crippen molar-refractivity contribution in [2.75, 3.05) is 14.1 Å². The van der Waals surface area contributed by atoms with E-state index in [2.05, 4.69) is 10.3 Å². The molecule has 0 bridgehead atoms. The van der Waals surface area contributed by atoms with Crippen LogP contribution in [0.4, 0.5) is 0 Å². The molecule has 0 unspecified atom stereocenters. The van der Waals surface area contributed by atoms with Gasteiger partial charge in [0.05, 0.1) is 0 Å². The lowest BCUT2D eigenvalue weighted by Gasteiger charge is -1.90. The van der Waals surface area contributed by atoms with E-state index in [0.717, 1.165) is 0 Å². The minimum Gasteiger partial charge on any atom is -0.386 e. The lowest BCUT2D eigenvalue weighted by Crippen LogP contribution is -2.17. The molecule has 6 heavy (non-hydrogen) atoms. The zero-order valence-electron chi connectivity index (χ0n) is 4.02. The van der Waals surface area contributed by atoms with Crippen LogP contribution in [0.2, 0.25) is 0 Å². The molecule has 0 spiro atoms. The van der Waals surface area contributed by atoms with Gasteiger partial charge in [0.2, 0.25) is 0 Å². The van der Waals surface area contributed by atoms with Gasteiger partial charge in [-0.3, -0.25) is 4.99 Å². The molecule has 3 heteroatoms. The van der Waals surface area contributed by atoms with Gasteiger partial charge in [0.15, 0.2) is 7.85 Å². The molecule has 0 atom stereocenters. The highest BCUT2D eigenvalue weighted by molar-refractivity contribution is 6.58. The Morgan fingerprint density at radius 3 is 2.33 bits per heavy atom. The Balaban J connectivity index is 3.22. The van der Waals surface area contributed by atoms with E-state index in [1.54, 1.807) is 14.1 Å². The standard InChI is InChI=1S/C3H7BN2/c1-5-3(4)6-2/h1-2H3,(H,5,6). The highest BCUT2D eigenvalue weighted by Crippen LogP contribution is 1.52. The van der Waals surface area contributed by atoms with Gasteiger partial charge in [0, 0.05) is 19.8 Å². The van der Waals surface area contributed by atoms with Crippen molar-refractivity contribution < 1.29 is 0 Å². The highest BCUT2D eigenvalue weighted by Gasteiger charge is 1.71. The zero-order chi connectivity index (χ0) is 4.99. The molecule has 0 aliphatic rings. The average Bonchev–Trinajstić information content (AvgIpc) is 1.65. The molecule has 0 heterocycles. The van der Waals surface area contributed by atoms with Gasteiger partial charge in [-0.2, -0.15) is 0 Å². The Morgan fingerprint density at radius 2 is 2.33 bits per heavy atom. The lowest BCUT2D eigenvalue weighted by atomic mass is 10.1. The van der Waals surface area contributed by atoms with E-state index in [9.17, 15) is 0 Å². The first-order valence-corrected chi connectivity index (χ1v) is 1.71. The summed E-state index contributed by atoms with van der Waals surface area (Å²) in [4.78, 5) is 3.59. The van der Waals surface area contributed by atoms with Gasteiger partial charge in [0.25, 0.3) is 0 Å². The molecule has 0 amide bonds. The fourth-order valence-corrected chi connectivity index (χ4v) is 0.112. The lowest BCUT2D eigenvalue weighted by molar-refractivity contribution is 1.18. The minimum atomic E-state index is 0.468. The molecule has 0 aliphatic heterocycles. The summed E-state index contributed by atoms with van der Waals surface area (Å²) in [5.41, 5.74) is 0.468. The molecule has 0 aromatic rings. The molecule has 0 aromatic heterocycles. The first-order chi connectivity index (χ1) is 2.81. The van der Waals surface area contributed by atoms with Gasteiger partial charge >= 0.3 is 0 Å². The maximum absolute atomic E-state index is 5.11. The van der Waals surface area contributed by atoms with Crippen LogP contribution in [0.15, 0.2) is 4.99 Å². The van der Waals surface area contributed by atoms with Gasteiger partial charge in [-0.05, 0) is 0 Å². The van der Waals surface area contributed by atoms with Crippen molar-refractivity contribution in [3.05, 3.63) is 0 Å². The summed E-state index contributed by atoms with van der Waals surface area (Å²) in [6.45, 7) is 0. The maximum atomic E-state index is 5.11. The number of hydrogen-bond acceptors (Lipinski definition) is 1. The van der Waals surface area contributed by atoms with Gasteiger partial charge in [0.1, 0.15) is 0 Å². The first-order valence-electron chi connectivity index (χ1n) is 1.71. The van der Waals surface area contributed by atoms with Gasteiger partial charge in [-0.1, -0.05) is 0 Å². The van der Waals surface area contributed by atoms with Crippen LogP contribution in [-0.2, 0) is 0 Å². The van der Waals surface area contributed by atoms with Crippen LogP contribution in [0.1, 0.15) is 0 Å². The van der Waals surface area contributed by atoms with E-state index in [4.69, 9.17) is 7.85 Å². The van der Waals surface area contributed by atoms with E-state index in [0.29, 0.717) is 5.73 Å². The normalized spacial score (nSPS) is 11.3. The predicted molar refractivity (Wildman–Crippen MR) is 28.2 cm³/mol. The Labute approximate surface area is 39.1 Å². The SMILES string of the molecule is [B]C(=NC)NC. The van der Waals surface area contributed by atoms with Crippen LogP contribution < -0.4 is 5.32 Å². The second-order valence-corrected chi connectivity index (χ2v) is 0.859. The summed E-state index contributed by atoms with van der Waals surface area (Å²) >= 11 is 0. The van der Waals surface area contributed by atoms with Gasteiger partial charge in [-0.25, -0.2) is 0 Å². The summed E-state index contributed by atoms with van der Waals surface area (Å²) in [5.74, 6) is 0. The zero-order valence-corrected chi connectivity index (χ0v) is 4.02. The van der Waals surface area contributed by atoms with E-state index in [1.807, 2.05) is 0 Å². The van der Waals surface area contributed by atoms with Crippen molar-refractivity contribution in [3.63, 3.8) is 0 Å². The summed E-state index contributed by atoms with van der Waals surface area (Å²) in [7, 11) is 8.47. The third-order valence-electron chi connectivity index (χ3n) is 0.497. The number of amidine groups is 1. The molecule has 0 rings (SSSR count). The average molecular weight is 81.9 g/mol. The third kappa shape index (κ3) is 1.82. The topological polar surface area (TPSA) is 24.4 Å². The highest BCUT2D eigenvalue weighted by atomic mass is 14.9. The smallest absolute Gasteiger partial charge is 0.166 e. The molecular weight excluding hydrogens is 74.9 g/mol. The molecule has 2 radical (unpaired) electrons. The predicted octanol–water partition coefficient (Wildman–Crippen LogP) is -0.640.